The van der Waals surface area contributed by atoms with Gasteiger partial charge in [0.1, 0.15) is 12.3 Å². The summed E-state index contributed by atoms with van der Waals surface area (Å²) in [6, 6.07) is 7.26. The molecule has 0 saturated carbocycles. The van der Waals surface area contributed by atoms with E-state index in [-0.39, 0.29) is 18.4 Å². The van der Waals surface area contributed by atoms with E-state index in [9.17, 15) is 9.59 Å². The van der Waals surface area contributed by atoms with Crippen molar-refractivity contribution in [3.05, 3.63) is 24.3 Å². The molecule has 120 valence electrons. The smallest absolute Gasteiger partial charge is 0.242 e. The van der Waals surface area contributed by atoms with Gasteiger partial charge < -0.3 is 9.64 Å². The maximum Gasteiger partial charge on any atom is 0.242 e. The van der Waals surface area contributed by atoms with Crippen LogP contribution in [-0.4, -0.2) is 43.5 Å². The minimum atomic E-state index is -0.164. The van der Waals surface area contributed by atoms with Gasteiger partial charge in [0.15, 0.2) is 0 Å². The van der Waals surface area contributed by atoms with Crippen molar-refractivity contribution < 1.29 is 14.3 Å². The average Bonchev–Trinajstić information content (AvgIpc) is 2.52. The van der Waals surface area contributed by atoms with Gasteiger partial charge in [0.05, 0.1) is 12.8 Å². The number of anilines is 1. The van der Waals surface area contributed by atoms with Crippen LogP contribution in [0.4, 0.5) is 5.69 Å². The molecule has 1 aliphatic rings. The van der Waals surface area contributed by atoms with Gasteiger partial charge in [0, 0.05) is 20.0 Å². The standard InChI is InChI=1S/C17H24N2O3/c1-13-8-10-18(11-9-13)17(21)12-19(14(2)20)15-6-4-5-7-16(15)22-3/h4-7,13H,8-12H2,1-3H3. The number of carbonyl (C=O) groups excluding carboxylic acids is 2. The van der Waals surface area contributed by atoms with Gasteiger partial charge in [-0.2, -0.15) is 0 Å². The number of rotatable bonds is 4. The average molecular weight is 304 g/mol. The Kier molecular flexibility index (Phi) is 5.41. The molecule has 0 spiro atoms. The topological polar surface area (TPSA) is 49.9 Å². The second-order valence-corrected chi connectivity index (χ2v) is 5.84. The molecule has 5 heteroatoms. The van der Waals surface area contributed by atoms with Crippen molar-refractivity contribution in [1.29, 1.82) is 0 Å². The fourth-order valence-electron chi connectivity index (χ4n) is 2.71. The van der Waals surface area contributed by atoms with Crippen molar-refractivity contribution >= 4 is 17.5 Å². The molecule has 0 unspecified atom stereocenters. The molecule has 1 heterocycles. The summed E-state index contributed by atoms with van der Waals surface area (Å²) in [6.45, 7) is 5.29. The normalized spacial score (nSPS) is 15.5. The molecule has 0 bridgehead atoms. The number of nitrogens with zero attached hydrogens (tertiary/aromatic N) is 2. The van der Waals surface area contributed by atoms with E-state index in [1.54, 1.807) is 19.2 Å². The molecule has 1 aliphatic heterocycles. The maximum absolute atomic E-state index is 12.5. The largest absolute Gasteiger partial charge is 0.495 e. The van der Waals surface area contributed by atoms with Crippen LogP contribution in [0.2, 0.25) is 0 Å². The first-order valence-corrected chi connectivity index (χ1v) is 7.71. The molecule has 0 N–H and O–H groups in total. The highest BCUT2D eigenvalue weighted by molar-refractivity contribution is 5.98. The first-order valence-electron chi connectivity index (χ1n) is 7.71. The number of hydrogen-bond donors (Lipinski definition) is 0. The molecular weight excluding hydrogens is 280 g/mol. The van der Waals surface area contributed by atoms with Crippen LogP contribution in [0, 0.1) is 5.92 Å². The summed E-state index contributed by atoms with van der Waals surface area (Å²) < 4.78 is 5.30. The molecule has 5 nitrogen and oxygen atoms in total. The molecule has 0 aromatic heterocycles. The molecular formula is C17H24N2O3. The molecule has 1 saturated heterocycles. The lowest BCUT2D eigenvalue weighted by molar-refractivity contribution is -0.132. The van der Waals surface area contributed by atoms with Crippen LogP contribution in [-0.2, 0) is 9.59 Å². The Hall–Kier alpha value is -2.04. The molecule has 1 aromatic carbocycles. The summed E-state index contributed by atoms with van der Waals surface area (Å²) in [7, 11) is 1.56. The van der Waals surface area contributed by atoms with E-state index >= 15 is 0 Å². The summed E-state index contributed by atoms with van der Waals surface area (Å²) in [6.07, 6.45) is 2.06. The number of likely N-dealkylation sites (tertiary alicyclic amines) is 1. The Labute approximate surface area is 131 Å². The van der Waals surface area contributed by atoms with Crippen molar-refractivity contribution in [2.24, 2.45) is 5.92 Å². The highest BCUT2D eigenvalue weighted by Gasteiger charge is 2.25. The zero-order chi connectivity index (χ0) is 16.1. The fraction of sp³-hybridized carbons (Fsp3) is 0.529. The Morgan fingerprint density at radius 1 is 1.27 bits per heavy atom. The molecule has 1 aromatic rings. The predicted molar refractivity (Wildman–Crippen MR) is 86.0 cm³/mol. The summed E-state index contributed by atoms with van der Waals surface area (Å²) >= 11 is 0. The zero-order valence-electron chi connectivity index (χ0n) is 13.5. The van der Waals surface area contributed by atoms with Gasteiger partial charge in [-0.3, -0.25) is 14.5 Å². The molecule has 0 aliphatic carbocycles. The van der Waals surface area contributed by atoms with Crippen LogP contribution in [0.1, 0.15) is 26.7 Å². The molecule has 22 heavy (non-hydrogen) atoms. The molecule has 2 amide bonds. The van der Waals surface area contributed by atoms with Crippen LogP contribution in [0.5, 0.6) is 5.75 Å². The van der Waals surface area contributed by atoms with Gasteiger partial charge in [-0.1, -0.05) is 19.1 Å². The molecule has 0 radical (unpaired) electrons. The highest BCUT2D eigenvalue weighted by atomic mass is 16.5. The second-order valence-electron chi connectivity index (χ2n) is 5.84. The number of benzene rings is 1. The summed E-state index contributed by atoms with van der Waals surface area (Å²) in [5.41, 5.74) is 0.635. The van der Waals surface area contributed by atoms with Crippen molar-refractivity contribution in [3.63, 3.8) is 0 Å². The van der Waals surface area contributed by atoms with E-state index in [1.807, 2.05) is 17.0 Å². The Balaban J connectivity index is 2.12. The van der Waals surface area contributed by atoms with Gasteiger partial charge in [0.25, 0.3) is 0 Å². The molecule has 0 atom stereocenters. The maximum atomic E-state index is 12.5. The highest BCUT2D eigenvalue weighted by Crippen LogP contribution is 2.28. The van der Waals surface area contributed by atoms with Gasteiger partial charge >= 0.3 is 0 Å². The van der Waals surface area contributed by atoms with Crippen LogP contribution in [0.25, 0.3) is 0 Å². The van der Waals surface area contributed by atoms with E-state index in [2.05, 4.69) is 6.92 Å². The fourth-order valence-corrected chi connectivity index (χ4v) is 2.71. The number of carbonyl (C=O) groups is 2. The van der Waals surface area contributed by atoms with Gasteiger partial charge in [-0.05, 0) is 30.9 Å². The predicted octanol–water partition coefficient (Wildman–Crippen LogP) is 2.31. The van der Waals surface area contributed by atoms with E-state index in [1.165, 1.54) is 11.8 Å². The van der Waals surface area contributed by atoms with Crippen LogP contribution < -0.4 is 9.64 Å². The lowest BCUT2D eigenvalue weighted by Gasteiger charge is -2.32. The summed E-state index contributed by atoms with van der Waals surface area (Å²) in [5.74, 6) is 1.09. The quantitative estimate of drug-likeness (QED) is 0.857. The summed E-state index contributed by atoms with van der Waals surface area (Å²) in [5, 5.41) is 0. The van der Waals surface area contributed by atoms with Crippen molar-refractivity contribution in [3.8, 4) is 5.75 Å². The number of para-hydroxylation sites is 2. The first-order chi connectivity index (χ1) is 10.5. The Morgan fingerprint density at radius 3 is 2.50 bits per heavy atom. The minimum absolute atomic E-state index is 0.00648. The van der Waals surface area contributed by atoms with E-state index < -0.39 is 0 Å². The Bertz CT molecular complexity index is 536. The number of amides is 2. The third-order valence-electron chi connectivity index (χ3n) is 4.19. The lowest BCUT2D eigenvalue weighted by Crippen LogP contribution is -2.45. The molecule has 2 rings (SSSR count). The SMILES string of the molecule is COc1ccccc1N(CC(=O)N1CCC(C)CC1)C(C)=O. The van der Waals surface area contributed by atoms with E-state index in [0.717, 1.165) is 25.9 Å². The minimum Gasteiger partial charge on any atom is -0.495 e. The third kappa shape index (κ3) is 3.78. The van der Waals surface area contributed by atoms with Crippen LogP contribution >= 0.6 is 0 Å². The van der Waals surface area contributed by atoms with Gasteiger partial charge in [0.2, 0.25) is 11.8 Å². The number of methoxy groups -OCH3 is 1. The first kappa shape index (κ1) is 16.3. The van der Waals surface area contributed by atoms with E-state index in [4.69, 9.17) is 4.74 Å². The van der Waals surface area contributed by atoms with Crippen LogP contribution in [0.3, 0.4) is 0 Å². The third-order valence-corrected chi connectivity index (χ3v) is 4.19. The number of ether oxygens (including phenoxy) is 1. The van der Waals surface area contributed by atoms with Crippen LogP contribution in [0.15, 0.2) is 24.3 Å². The van der Waals surface area contributed by atoms with Crippen molar-refractivity contribution in [1.82, 2.24) is 4.90 Å². The van der Waals surface area contributed by atoms with Gasteiger partial charge in [-0.25, -0.2) is 0 Å². The lowest BCUT2D eigenvalue weighted by atomic mass is 9.99. The van der Waals surface area contributed by atoms with E-state index in [0.29, 0.717) is 17.4 Å². The van der Waals surface area contributed by atoms with Crippen molar-refractivity contribution in [2.75, 3.05) is 31.6 Å². The monoisotopic (exact) mass is 304 g/mol. The summed E-state index contributed by atoms with van der Waals surface area (Å²) in [4.78, 5) is 27.8. The number of hydrogen-bond acceptors (Lipinski definition) is 3. The van der Waals surface area contributed by atoms with Crippen molar-refractivity contribution in [2.45, 2.75) is 26.7 Å². The number of piperidine rings is 1. The van der Waals surface area contributed by atoms with Gasteiger partial charge in [-0.15, -0.1) is 0 Å². The Morgan fingerprint density at radius 2 is 1.91 bits per heavy atom. The molecule has 1 fully saturated rings. The zero-order valence-corrected chi connectivity index (χ0v) is 13.5. The second kappa shape index (κ2) is 7.29.